The maximum Gasteiger partial charge on any atom is 0.143 e. The Hall–Kier alpha value is -1.90. The van der Waals surface area contributed by atoms with Crippen molar-refractivity contribution in [2.24, 2.45) is 0 Å². The van der Waals surface area contributed by atoms with E-state index in [-0.39, 0.29) is 6.04 Å². The van der Waals surface area contributed by atoms with E-state index in [9.17, 15) is 0 Å². The lowest BCUT2D eigenvalue weighted by Gasteiger charge is -2.13. The predicted octanol–water partition coefficient (Wildman–Crippen LogP) is 2.36. The fourth-order valence-electron chi connectivity index (χ4n) is 2.13. The molecule has 0 unspecified atom stereocenters. The monoisotopic (exact) mass is 274 g/mol. The van der Waals surface area contributed by atoms with Gasteiger partial charge in [0.1, 0.15) is 22.7 Å². The van der Waals surface area contributed by atoms with Crippen LogP contribution in [0.3, 0.4) is 0 Å². The number of aromatic nitrogens is 2. The number of ether oxygens (including phenoxy) is 1. The number of rotatable bonds is 2. The molecular formula is C13H11ClN4O. The lowest BCUT2D eigenvalue weighted by Crippen LogP contribution is -2.20. The number of halogens is 1. The molecule has 3 heterocycles. The standard InChI is InChI=1S/C13H11ClN4O/c14-12-4-11-8(6-16-12)3-10(5-15)18-13(11)17-9-1-2-19-7-9/h3-4,6,9H,1-2,7H2,(H,17,18)/t9-/m1/s1. The average molecular weight is 275 g/mol. The van der Waals surface area contributed by atoms with Crippen LogP contribution in [0.5, 0.6) is 0 Å². The lowest BCUT2D eigenvalue weighted by atomic mass is 10.1. The van der Waals surface area contributed by atoms with E-state index in [0.717, 1.165) is 23.8 Å². The molecule has 0 aliphatic carbocycles. The van der Waals surface area contributed by atoms with Gasteiger partial charge in [-0.05, 0) is 18.6 Å². The summed E-state index contributed by atoms with van der Waals surface area (Å²) in [7, 11) is 0. The number of nitrogens with one attached hydrogen (secondary N) is 1. The summed E-state index contributed by atoms with van der Waals surface area (Å²) in [5, 5.41) is 14.5. The van der Waals surface area contributed by atoms with Crippen molar-refractivity contribution in [1.82, 2.24) is 9.97 Å². The van der Waals surface area contributed by atoms with Gasteiger partial charge in [-0.1, -0.05) is 11.6 Å². The van der Waals surface area contributed by atoms with Gasteiger partial charge < -0.3 is 10.1 Å². The van der Waals surface area contributed by atoms with Crippen molar-refractivity contribution < 1.29 is 4.74 Å². The van der Waals surface area contributed by atoms with E-state index in [4.69, 9.17) is 21.6 Å². The van der Waals surface area contributed by atoms with E-state index in [1.807, 2.05) is 0 Å². The zero-order chi connectivity index (χ0) is 13.2. The number of nitrogens with zero attached hydrogens (tertiary/aromatic N) is 3. The van der Waals surface area contributed by atoms with Crippen LogP contribution in [0.2, 0.25) is 5.15 Å². The third-order valence-electron chi connectivity index (χ3n) is 3.07. The van der Waals surface area contributed by atoms with Gasteiger partial charge in [-0.15, -0.1) is 0 Å². The van der Waals surface area contributed by atoms with Crippen LogP contribution in [0, 0.1) is 11.3 Å². The van der Waals surface area contributed by atoms with E-state index in [1.165, 1.54) is 0 Å². The van der Waals surface area contributed by atoms with Crippen molar-refractivity contribution in [2.75, 3.05) is 18.5 Å². The first-order chi connectivity index (χ1) is 9.26. The van der Waals surface area contributed by atoms with E-state index < -0.39 is 0 Å². The van der Waals surface area contributed by atoms with Crippen LogP contribution in [0.15, 0.2) is 18.3 Å². The number of hydrogen-bond donors (Lipinski definition) is 1. The van der Waals surface area contributed by atoms with Gasteiger partial charge in [0.15, 0.2) is 0 Å². The molecule has 2 aromatic rings. The van der Waals surface area contributed by atoms with E-state index in [1.54, 1.807) is 18.3 Å². The Labute approximate surface area is 115 Å². The minimum Gasteiger partial charge on any atom is -0.379 e. The molecule has 0 amide bonds. The fourth-order valence-corrected chi connectivity index (χ4v) is 2.29. The van der Waals surface area contributed by atoms with Gasteiger partial charge in [-0.25, -0.2) is 9.97 Å². The second-order valence-electron chi connectivity index (χ2n) is 4.40. The number of hydrogen-bond acceptors (Lipinski definition) is 5. The summed E-state index contributed by atoms with van der Waals surface area (Å²) in [6.07, 6.45) is 2.58. The SMILES string of the molecule is N#Cc1cc2cnc(Cl)cc2c(N[C@@H]2CCOC2)n1. The Bertz CT molecular complexity index is 661. The smallest absolute Gasteiger partial charge is 0.143 e. The highest BCUT2D eigenvalue weighted by Crippen LogP contribution is 2.25. The number of nitriles is 1. The van der Waals surface area contributed by atoms with Crippen molar-refractivity contribution in [3.05, 3.63) is 29.2 Å². The number of pyridine rings is 2. The first-order valence-electron chi connectivity index (χ1n) is 5.97. The van der Waals surface area contributed by atoms with Crippen LogP contribution in [0.25, 0.3) is 10.8 Å². The Balaban J connectivity index is 2.08. The number of fused-ring (bicyclic) bond motifs is 1. The summed E-state index contributed by atoms with van der Waals surface area (Å²) in [5.74, 6) is 0.661. The van der Waals surface area contributed by atoms with Gasteiger partial charge in [0.05, 0.1) is 12.6 Å². The molecule has 1 fully saturated rings. The molecule has 2 aromatic heterocycles. The molecule has 1 aliphatic rings. The molecular weight excluding hydrogens is 264 g/mol. The first kappa shape index (κ1) is 12.2. The molecule has 1 aliphatic heterocycles. The van der Waals surface area contributed by atoms with Crippen molar-refractivity contribution >= 4 is 28.2 Å². The van der Waals surface area contributed by atoms with Gasteiger partial charge in [-0.2, -0.15) is 5.26 Å². The Kier molecular flexibility index (Phi) is 3.20. The van der Waals surface area contributed by atoms with Crippen LogP contribution < -0.4 is 5.32 Å². The second kappa shape index (κ2) is 5.00. The summed E-state index contributed by atoms with van der Waals surface area (Å²) in [6.45, 7) is 1.40. The van der Waals surface area contributed by atoms with Gasteiger partial charge in [-0.3, -0.25) is 0 Å². The van der Waals surface area contributed by atoms with E-state index in [0.29, 0.717) is 23.3 Å². The van der Waals surface area contributed by atoms with Crippen LogP contribution in [-0.2, 0) is 4.74 Å². The molecule has 1 saturated heterocycles. The van der Waals surface area contributed by atoms with Crippen LogP contribution >= 0.6 is 11.6 Å². The predicted molar refractivity (Wildman–Crippen MR) is 72.1 cm³/mol. The lowest BCUT2D eigenvalue weighted by molar-refractivity contribution is 0.195. The van der Waals surface area contributed by atoms with Gasteiger partial charge in [0.2, 0.25) is 0 Å². The molecule has 6 heteroatoms. The fraction of sp³-hybridized carbons (Fsp3) is 0.308. The third-order valence-corrected chi connectivity index (χ3v) is 3.27. The Morgan fingerprint density at radius 3 is 3.11 bits per heavy atom. The second-order valence-corrected chi connectivity index (χ2v) is 4.79. The first-order valence-corrected chi connectivity index (χ1v) is 6.35. The van der Waals surface area contributed by atoms with Crippen LogP contribution in [0.4, 0.5) is 5.82 Å². The maximum absolute atomic E-state index is 9.03. The largest absolute Gasteiger partial charge is 0.379 e. The topological polar surface area (TPSA) is 70.8 Å². The average Bonchev–Trinajstić information content (AvgIpc) is 2.92. The highest BCUT2D eigenvalue weighted by molar-refractivity contribution is 6.30. The van der Waals surface area contributed by atoms with Crippen molar-refractivity contribution in [3.8, 4) is 6.07 Å². The van der Waals surface area contributed by atoms with Gasteiger partial charge >= 0.3 is 0 Å². The molecule has 0 aromatic carbocycles. The molecule has 3 rings (SSSR count). The molecule has 5 nitrogen and oxygen atoms in total. The normalized spacial score (nSPS) is 18.4. The van der Waals surface area contributed by atoms with Crippen LogP contribution in [-0.4, -0.2) is 29.2 Å². The Morgan fingerprint density at radius 2 is 2.37 bits per heavy atom. The Morgan fingerprint density at radius 1 is 1.47 bits per heavy atom. The molecule has 0 bridgehead atoms. The molecule has 0 spiro atoms. The molecule has 96 valence electrons. The number of anilines is 1. The summed E-state index contributed by atoms with van der Waals surface area (Å²) >= 11 is 5.92. The summed E-state index contributed by atoms with van der Waals surface area (Å²) in [5.41, 5.74) is 0.359. The molecule has 1 N–H and O–H groups in total. The van der Waals surface area contributed by atoms with Gasteiger partial charge in [0, 0.05) is 23.6 Å². The van der Waals surface area contributed by atoms with Gasteiger partial charge in [0.25, 0.3) is 0 Å². The zero-order valence-electron chi connectivity index (χ0n) is 10.1. The minimum atomic E-state index is 0.219. The van der Waals surface area contributed by atoms with Crippen molar-refractivity contribution in [1.29, 1.82) is 5.26 Å². The zero-order valence-corrected chi connectivity index (χ0v) is 10.8. The molecule has 1 atom stereocenters. The highest BCUT2D eigenvalue weighted by Gasteiger charge is 2.17. The van der Waals surface area contributed by atoms with Crippen molar-refractivity contribution in [3.63, 3.8) is 0 Å². The van der Waals surface area contributed by atoms with Crippen LogP contribution in [0.1, 0.15) is 12.1 Å². The maximum atomic E-state index is 9.03. The van der Waals surface area contributed by atoms with E-state index in [2.05, 4.69) is 21.4 Å². The van der Waals surface area contributed by atoms with Crippen molar-refractivity contribution in [2.45, 2.75) is 12.5 Å². The third kappa shape index (κ3) is 2.46. The molecule has 19 heavy (non-hydrogen) atoms. The molecule has 0 radical (unpaired) electrons. The highest BCUT2D eigenvalue weighted by atomic mass is 35.5. The van der Waals surface area contributed by atoms with E-state index >= 15 is 0 Å². The quantitative estimate of drug-likeness (QED) is 0.851. The minimum absolute atomic E-state index is 0.219. The summed E-state index contributed by atoms with van der Waals surface area (Å²) < 4.78 is 5.33. The molecule has 0 saturated carbocycles. The summed E-state index contributed by atoms with van der Waals surface area (Å²) in [4.78, 5) is 8.34. The summed E-state index contributed by atoms with van der Waals surface area (Å²) in [6, 6.07) is 5.73.